The lowest BCUT2D eigenvalue weighted by molar-refractivity contribution is 0.315. The maximum Gasteiger partial charge on any atom is 0.134 e. The molecule has 2 N–H and O–H groups in total. The van der Waals surface area contributed by atoms with Crippen molar-refractivity contribution >= 4 is 34.0 Å². The van der Waals surface area contributed by atoms with Gasteiger partial charge in [-0.3, -0.25) is 0 Å². The number of thioether (sulfide) groups is 1. The van der Waals surface area contributed by atoms with E-state index in [9.17, 15) is 5.21 Å². The molecule has 3 nitrogen and oxygen atoms in total. The van der Waals surface area contributed by atoms with Crippen LogP contribution >= 0.6 is 24.0 Å². The first-order valence-corrected chi connectivity index (χ1v) is 9.26. The second-order valence-corrected chi connectivity index (χ2v) is 7.80. The van der Waals surface area contributed by atoms with Crippen molar-refractivity contribution in [2.75, 3.05) is 0 Å². The van der Waals surface area contributed by atoms with Crippen molar-refractivity contribution in [3.8, 4) is 0 Å². The van der Waals surface area contributed by atoms with Crippen LogP contribution in [0.4, 0.5) is 0 Å². The van der Waals surface area contributed by atoms with Crippen LogP contribution in [0, 0.1) is 0 Å². The summed E-state index contributed by atoms with van der Waals surface area (Å²) in [6.07, 6.45) is 13.4. The molecule has 20 heavy (non-hydrogen) atoms. The van der Waals surface area contributed by atoms with Crippen molar-refractivity contribution in [1.82, 2.24) is 5.32 Å². The van der Waals surface area contributed by atoms with Crippen LogP contribution in [0.25, 0.3) is 0 Å². The summed E-state index contributed by atoms with van der Waals surface area (Å²) in [4.78, 5) is 0. The standard InChI is InChI=1S/C15H26N2OS2/c18-17-13-10-6-1-2-7-11-14(13)20-15(19)16-12-8-4-3-5-9-12/h12,14,18H,1-11H2,(H,16,19)/b17-13+/t14-/m0/s1. The fourth-order valence-corrected chi connectivity index (χ4v) is 4.73. The minimum Gasteiger partial charge on any atom is -0.411 e. The number of rotatable bonds is 2. The third-order valence-electron chi connectivity index (χ3n) is 4.33. The van der Waals surface area contributed by atoms with E-state index in [0.29, 0.717) is 6.04 Å². The summed E-state index contributed by atoms with van der Waals surface area (Å²) in [6, 6.07) is 0.562. The number of thiocarbonyl (C=S) groups is 1. The van der Waals surface area contributed by atoms with Crippen LogP contribution in [0.3, 0.4) is 0 Å². The summed E-state index contributed by atoms with van der Waals surface area (Å²) in [6.45, 7) is 0. The van der Waals surface area contributed by atoms with Gasteiger partial charge in [-0.25, -0.2) is 0 Å². The number of nitrogens with zero attached hydrogens (tertiary/aromatic N) is 1. The van der Waals surface area contributed by atoms with Crippen LogP contribution in [-0.2, 0) is 0 Å². The van der Waals surface area contributed by atoms with Crippen LogP contribution in [0.15, 0.2) is 5.16 Å². The lowest BCUT2D eigenvalue weighted by Crippen LogP contribution is -2.35. The van der Waals surface area contributed by atoms with E-state index < -0.39 is 0 Å². The highest BCUT2D eigenvalue weighted by atomic mass is 32.2. The summed E-state index contributed by atoms with van der Waals surface area (Å²) in [5.74, 6) is 0. The highest BCUT2D eigenvalue weighted by Crippen LogP contribution is 2.27. The van der Waals surface area contributed by atoms with E-state index in [1.54, 1.807) is 11.8 Å². The summed E-state index contributed by atoms with van der Waals surface area (Å²) >= 11 is 7.21. The molecule has 5 heteroatoms. The molecular formula is C15H26N2OS2. The van der Waals surface area contributed by atoms with Crippen LogP contribution in [0.1, 0.15) is 70.6 Å². The lowest BCUT2D eigenvalue weighted by Gasteiger charge is -2.26. The smallest absolute Gasteiger partial charge is 0.134 e. The molecule has 0 unspecified atom stereocenters. The Balaban J connectivity index is 1.83. The van der Waals surface area contributed by atoms with Gasteiger partial charge in [0.15, 0.2) is 0 Å². The Morgan fingerprint density at radius 3 is 2.45 bits per heavy atom. The first-order chi connectivity index (χ1) is 9.79. The van der Waals surface area contributed by atoms with Gasteiger partial charge in [0, 0.05) is 6.04 Å². The van der Waals surface area contributed by atoms with Crippen LogP contribution in [0.5, 0.6) is 0 Å². The molecule has 0 amide bonds. The molecule has 0 aromatic rings. The van der Waals surface area contributed by atoms with Gasteiger partial charge in [-0.15, -0.1) is 0 Å². The molecule has 2 saturated carbocycles. The van der Waals surface area contributed by atoms with Gasteiger partial charge in [0.05, 0.1) is 11.0 Å². The van der Waals surface area contributed by atoms with Crippen LogP contribution in [-0.4, -0.2) is 26.5 Å². The van der Waals surface area contributed by atoms with Crippen molar-refractivity contribution in [3.05, 3.63) is 0 Å². The monoisotopic (exact) mass is 314 g/mol. The average Bonchev–Trinajstić information content (AvgIpc) is 2.43. The number of oxime groups is 1. The van der Waals surface area contributed by atoms with E-state index in [0.717, 1.165) is 29.3 Å². The molecule has 0 aliphatic heterocycles. The second-order valence-electron chi connectivity index (χ2n) is 5.92. The van der Waals surface area contributed by atoms with Gasteiger partial charge in [-0.2, -0.15) is 0 Å². The highest BCUT2D eigenvalue weighted by molar-refractivity contribution is 8.23. The van der Waals surface area contributed by atoms with E-state index in [1.807, 2.05) is 0 Å². The van der Waals surface area contributed by atoms with Gasteiger partial charge in [0.25, 0.3) is 0 Å². The highest BCUT2D eigenvalue weighted by Gasteiger charge is 2.22. The Bertz CT molecular complexity index is 341. The number of nitrogens with one attached hydrogen (secondary N) is 1. The molecule has 2 rings (SSSR count). The molecule has 0 heterocycles. The molecule has 0 radical (unpaired) electrons. The van der Waals surface area contributed by atoms with E-state index in [1.165, 1.54) is 51.4 Å². The number of hydrogen-bond donors (Lipinski definition) is 2. The van der Waals surface area contributed by atoms with Gasteiger partial charge >= 0.3 is 0 Å². The SMILES string of the molecule is O/N=C1\CCCCCC[C@@H]1SC(=S)NC1CCCCC1. The Hall–Kier alpha value is -0.290. The van der Waals surface area contributed by atoms with Crippen molar-refractivity contribution in [2.45, 2.75) is 81.9 Å². The van der Waals surface area contributed by atoms with Gasteiger partial charge in [-0.1, -0.05) is 67.7 Å². The van der Waals surface area contributed by atoms with E-state index in [2.05, 4.69) is 10.5 Å². The maximum absolute atomic E-state index is 9.22. The average molecular weight is 315 g/mol. The maximum atomic E-state index is 9.22. The summed E-state index contributed by atoms with van der Waals surface area (Å²) in [5.41, 5.74) is 0.933. The Labute approximate surface area is 132 Å². The first kappa shape index (κ1) is 16.1. The van der Waals surface area contributed by atoms with Crippen LogP contribution in [0.2, 0.25) is 0 Å². The first-order valence-electron chi connectivity index (χ1n) is 7.97. The van der Waals surface area contributed by atoms with E-state index in [-0.39, 0.29) is 5.25 Å². The molecule has 2 fully saturated rings. The summed E-state index contributed by atoms with van der Waals surface area (Å²) in [7, 11) is 0. The van der Waals surface area contributed by atoms with Gasteiger partial charge in [0.1, 0.15) is 4.32 Å². The van der Waals surface area contributed by atoms with Crippen molar-refractivity contribution in [3.63, 3.8) is 0 Å². The van der Waals surface area contributed by atoms with Crippen molar-refractivity contribution < 1.29 is 5.21 Å². The zero-order valence-corrected chi connectivity index (χ0v) is 13.8. The molecule has 114 valence electrons. The molecule has 0 aromatic carbocycles. The predicted octanol–water partition coefficient (Wildman–Crippen LogP) is 4.48. The largest absolute Gasteiger partial charge is 0.411 e. The molecule has 0 spiro atoms. The molecule has 2 aliphatic carbocycles. The zero-order valence-electron chi connectivity index (χ0n) is 12.1. The van der Waals surface area contributed by atoms with Crippen molar-refractivity contribution in [2.24, 2.45) is 5.16 Å². The lowest BCUT2D eigenvalue weighted by atomic mass is 9.96. The quantitative estimate of drug-likeness (QED) is 0.448. The minimum absolute atomic E-state index is 0.267. The van der Waals surface area contributed by atoms with Gasteiger partial charge in [0.2, 0.25) is 0 Å². The molecule has 2 aliphatic rings. The normalized spacial score (nSPS) is 27.8. The van der Waals surface area contributed by atoms with E-state index >= 15 is 0 Å². The summed E-state index contributed by atoms with van der Waals surface area (Å²) in [5, 5.41) is 16.5. The molecule has 0 saturated heterocycles. The van der Waals surface area contributed by atoms with E-state index in [4.69, 9.17) is 12.2 Å². The minimum atomic E-state index is 0.267. The topological polar surface area (TPSA) is 44.6 Å². The number of hydrogen-bond acceptors (Lipinski definition) is 4. The molecule has 0 bridgehead atoms. The zero-order chi connectivity index (χ0) is 14.2. The molecule has 1 atom stereocenters. The Kier molecular flexibility index (Phi) is 7.14. The van der Waals surface area contributed by atoms with Gasteiger partial charge in [-0.05, 0) is 32.1 Å². The van der Waals surface area contributed by atoms with Crippen LogP contribution < -0.4 is 5.32 Å². The molecule has 0 aromatic heterocycles. The predicted molar refractivity (Wildman–Crippen MR) is 90.9 cm³/mol. The third-order valence-corrected chi connectivity index (χ3v) is 5.86. The second kappa shape index (κ2) is 8.88. The summed E-state index contributed by atoms with van der Waals surface area (Å²) < 4.78 is 0.892. The fraction of sp³-hybridized carbons (Fsp3) is 0.867. The Morgan fingerprint density at radius 2 is 1.70 bits per heavy atom. The van der Waals surface area contributed by atoms with Gasteiger partial charge < -0.3 is 10.5 Å². The molecular weight excluding hydrogens is 288 g/mol. The third kappa shape index (κ3) is 5.24. The fourth-order valence-electron chi connectivity index (χ4n) is 3.14. The Morgan fingerprint density at radius 1 is 1.05 bits per heavy atom. The van der Waals surface area contributed by atoms with Crippen molar-refractivity contribution in [1.29, 1.82) is 0 Å².